The Morgan fingerprint density at radius 1 is 1.13 bits per heavy atom. The van der Waals surface area contributed by atoms with Crippen molar-refractivity contribution < 1.29 is 4.74 Å². The lowest BCUT2D eigenvalue weighted by molar-refractivity contribution is 0.194. The van der Waals surface area contributed by atoms with Gasteiger partial charge in [0.25, 0.3) is 0 Å². The monoisotopic (exact) mass is 417 g/mol. The van der Waals surface area contributed by atoms with Gasteiger partial charge in [-0.25, -0.2) is 0 Å². The SMILES string of the molecule is CC(Cc1c[nH]c2ccc3c(c12)CCCO3)NC1CCN(CCc2ccccc2)CC1. The molecule has 1 atom stereocenters. The number of likely N-dealkylation sites (tertiary alicyclic amines) is 1. The van der Waals surface area contributed by atoms with E-state index in [-0.39, 0.29) is 0 Å². The molecule has 31 heavy (non-hydrogen) atoms. The summed E-state index contributed by atoms with van der Waals surface area (Å²) in [6.45, 7) is 6.77. The summed E-state index contributed by atoms with van der Waals surface area (Å²) in [5, 5.41) is 5.33. The van der Waals surface area contributed by atoms with E-state index < -0.39 is 0 Å². The molecule has 4 heteroatoms. The minimum absolute atomic E-state index is 0.472. The van der Waals surface area contributed by atoms with E-state index in [0.717, 1.165) is 38.0 Å². The van der Waals surface area contributed by atoms with Gasteiger partial charge in [-0.15, -0.1) is 0 Å². The first kappa shape index (κ1) is 20.6. The molecule has 0 radical (unpaired) electrons. The second-order valence-electron chi connectivity index (χ2n) is 9.35. The fourth-order valence-corrected chi connectivity index (χ4v) is 5.37. The van der Waals surface area contributed by atoms with Crippen molar-refractivity contribution in [1.82, 2.24) is 15.2 Å². The van der Waals surface area contributed by atoms with E-state index in [0.29, 0.717) is 12.1 Å². The van der Waals surface area contributed by atoms with Gasteiger partial charge in [-0.2, -0.15) is 0 Å². The Morgan fingerprint density at radius 2 is 1.97 bits per heavy atom. The van der Waals surface area contributed by atoms with Gasteiger partial charge in [0.2, 0.25) is 0 Å². The van der Waals surface area contributed by atoms with Gasteiger partial charge >= 0.3 is 0 Å². The number of fused-ring (bicyclic) bond motifs is 3. The third-order valence-electron chi connectivity index (χ3n) is 7.02. The molecule has 1 unspecified atom stereocenters. The van der Waals surface area contributed by atoms with E-state index in [1.54, 1.807) is 0 Å². The fraction of sp³-hybridized carbons (Fsp3) is 0.481. The average molecular weight is 418 g/mol. The van der Waals surface area contributed by atoms with Gasteiger partial charge in [0, 0.05) is 41.3 Å². The maximum Gasteiger partial charge on any atom is 0.123 e. The normalized spacial score (nSPS) is 18.6. The molecular formula is C27H35N3O. The Labute approximate surface area is 186 Å². The number of nitrogens with one attached hydrogen (secondary N) is 2. The van der Waals surface area contributed by atoms with Crippen molar-refractivity contribution in [1.29, 1.82) is 0 Å². The minimum Gasteiger partial charge on any atom is -0.493 e. The van der Waals surface area contributed by atoms with Crippen LogP contribution in [0.3, 0.4) is 0 Å². The van der Waals surface area contributed by atoms with Gasteiger partial charge < -0.3 is 19.9 Å². The molecule has 164 valence electrons. The highest BCUT2D eigenvalue weighted by molar-refractivity contribution is 5.89. The molecule has 2 aromatic carbocycles. The molecule has 3 heterocycles. The van der Waals surface area contributed by atoms with Crippen molar-refractivity contribution in [2.24, 2.45) is 0 Å². The quantitative estimate of drug-likeness (QED) is 0.584. The smallest absolute Gasteiger partial charge is 0.123 e. The largest absolute Gasteiger partial charge is 0.493 e. The number of H-pyrrole nitrogens is 1. The Balaban J connectivity index is 1.14. The van der Waals surface area contributed by atoms with Crippen molar-refractivity contribution in [3.05, 3.63) is 65.4 Å². The third kappa shape index (κ3) is 4.81. The summed E-state index contributed by atoms with van der Waals surface area (Å²) in [6.07, 6.45) is 9.17. The number of hydrogen-bond donors (Lipinski definition) is 2. The summed E-state index contributed by atoms with van der Waals surface area (Å²) >= 11 is 0. The molecule has 1 fully saturated rings. The van der Waals surface area contributed by atoms with Crippen LogP contribution in [0, 0.1) is 0 Å². The van der Waals surface area contributed by atoms with Crippen LogP contribution in [0.2, 0.25) is 0 Å². The van der Waals surface area contributed by atoms with Crippen LogP contribution in [0.5, 0.6) is 5.75 Å². The van der Waals surface area contributed by atoms with Crippen LogP contribution in [0.15, 0.2) is 48.7 Å². The molecule has 4 nitrogen and oxygen atoms in total. The maximum atomic E-state index is 5.91. The zero-order valence-corrected chi connectivity index (χ0v) is 18.7. The summed E-state index contributed by atoms with van der Waals surface area (Å²) in [6, 6.07) is 16.3. The molecule has 2 aliphatic heterocycles. The summed E-state index contributed by atoms with van der Waals surface area (Å²) in [4.78, 5) is 6.12. The van der Waals surface area contributed by atoms with Crippen LogP contribution in [0.4, 0.5) is 0 Å². The van der Waals surface area contributed by atoms with E-state index >= 15 is 0 Å². The molecule has 0 saturated carbocycles. The first-order chi connectivity index (χ1) is 15.3. The highest BCUT2D eigenvalue weighted by Crippen LogP contribution is 2.34. The number of aromatic nitrogens is 1. The van der Waals surface area contributed by atoms with Crippen molar-refractivity contribution >= 4 is 10.9 Å². The van der Waals surface area contributed by atoms with Crippen LogP contribution in [-0.4, -0.2) is 48.2 Å². The van der Waals surface area contributed by atoms with Gasteiger partial charge in [0.15, 0.2) is 0 Å². The first-order valence-corrected chi connectivity index (χ1v) is 12.0. The molecule has 2 N–H and O–H groups in total. The van der Waals surface area contributed by atoms with Crippen LogP contribution in [0.1, 0.15) is 42.9 Å². The van der Waals surface area contributed by atoms with E-state index in [2.05, 4.69) is 70.8 Å². The lowest BCUT2D eigenvalue weighted by Gasteiger charge is -2.34. The first-order valence-electron chi connectivity index (χ1n) is 12.0. The molecule has 1 aromatic heterocycles. The Morgan fingerprint density at radius 3 is 2.81 bits per heavy atom. The van der Waals surface area contributed by atoms with Crippen LogP contribution < -0.4 is 10.1 Å². The molecule has 0 spiro atoms. The van der Waals surface area contributed by atoms with Crippen LogP contribution in [0.25, 0.3) is 10.9 Å². The highest BCUT2D eigenvalue weighted by atomic mass is 16.5. The number of nitrogens with zero attached hydrogens (tertiary/aromatic N) is 1. The van der Waals surface area contributed by atoms with Crippen LogP contribution in [-0.2, 0) is 19.3 Å². The number of ether oxygens (including phenoxy) is 1. The highest BCUT2D eigenvalue weighted by Gasteiger charge is 2.22. The van der Waals surface area contributed by atoms with Gasteiger partial charge in [0.1, 0.15) is 5.75 Å². The molecule has 0 aliphatic carbocycles. The third-order valence-corrected chi connectivity index (χ3v) is 7.02. The predicted octanol–water partition coefficient (Wildman–Crippen LogP) is 4.72. The summed E-state index contributed by atoms with van der Waals surface area (Å²) in [7, 11) is 0. The lowest BCUT2D eigenvalue weighted by Crippen LogP contribution is -2.46. The van der Waals surface area contributed by atoms with E-state index in [4.69, 9.17) is 4.74 Å². The van der Waals surface area contributed by atoms with Gasteiger partial charge in [0.05, 0.1) is 6.61 Å². The zero-order chi connectivity index (χ0) is 21.0. The lowest BCUT2D eigenvalue weighted by atomic mass is 9.96. The standard InChI is InChI=1S/C27H35N3O/c1-20(18-22-19-28-25-9-10-26-24(27(22)25)8-5-17-31-26)29-23-12-15-30(16-13-23)14-11-21-6-3-2-4-7-21/h2-4,6-7,9-10,19-20,23,28-29H,5,8,11-18H2,1H3. The van der Waals surface area contributed by atoms with E-state index in [9.17, 15) is 0 Å². The fourth-order valence-electron chi connectivity index (χ4n) is 5.37. The minimum atomic E-state index is 0.472. The molecule has 1 saturated heterocycles. The number of hydrogen-bond acceptors (Lipinski definition) is 3. The number of aromatic amines is 1. The molecule has 2 aliphatic rings. The van der Waals surface area contributed by atoms with E-state index in [1.807, 2.05) is 0 Å². The van der Waals surface area contributed by atoms with Gasteiger partial charge in [-0.1, -0.05) is 30.3 Å². The average Bonchev–Trinajstić information content (AvgIpc) is 3.22. The Hall–Kier alpha value is -2.30. The van der Waals surface area contributed by atoms with Crippen LogP contribution >= 0.6 is 0 Å². The second-order valence-corrected chi connectivity index (χ2v) is 9.35. The second kappa shape index (κ2) is 9.46. The molecule has 0 amide bonds. The van der Waals surface area contributed by atoms with E-state index in [1.165, 1.54) is 60.1 Å². The molecule has 0 bridgehead atoms. The molecule has 3 aromatic rings. The van der Waals surface area contributed by atoms with Gasteiger partial charge in [-0.3, -0.25) is 0 Å². The summed E-state index contributed by atoms with van der Waals surface area (Å²) in [5.74, 6) is 1.09. The Kier molecular flexibility index (Phi) is 6.28. The maximum absolute atomic E-state index is 5.91. The topological polar surface area (TPSA) is 40.3 Å². The number of rotatable bonds is 7. The summed E-state index contributed by atoms with van der Waals surface area (Å²) in [5.41, 5.74) is 5.53. The number of benzene rings is 2. The molecular weight excluding hydrogens is 382 g/mol. The van der Waals surface area contributed by atoms with Crippen molar-refractivity contribution in [2.75, 3.05) is 26.2 Å². The van der Waals surface area contributed by atoms with Crippen molar-refractivity contribution in [2.45, 2.75) is 57.5 Å². The predicted molar refractivity (Wildman–Crippen MR) is 128 cm³/mol. The number of piperidine rings is 1. The van der Waals surface area contributed by atoms with Crippen molar-refractivity contribution in [3.63, 3.8) is 0 Å². The van der Waals surface area contributed by atoms with Crippen molar-refractivity contribution in [3.8, 4) is 5.75 Å². The molecule has 5 rings (SSSR count). The number of aryl methyl sites for hydroxylation is 1. The summed E-state index contributed by atoms with van der Waals surface area (Å²) < 4.78 is 5.91. The van der Waals surface area contributed by atoms with Gasteiger partial charge in [-0.05, 0) is 81.8 Å². The zero-order valence-electron chi connectivity index (χ0n) is 18.7. The Bertz CT molecular complexity index is 988.